The Morgan fingerprint density at radius 3 is 3.05 bits per heavy atom. The summed E-state index contributed by atoms with van der Waals surface area (Å²) in [6, 6.07) is 3.59. The minimum atomic E-state index is -0.121. The third-order valence-electron chi connectivity index (χ3n) is 2.86. The van der Waals surface area contributed by atoms with Crippen molar-refractivity contribution in [2.75, 3.05) is 6.54 Å². The maximum absolute atomic E-state index is 12.1. The van der Waals surface area contributed by atoms with Crippen LogP contribution in [0.25, 0.3) is 10.2 Å². The first-order valence-corrected chi connectivity index (χ1v) is 7.81. The molecule has 0 saturated heterocycles. The zero-order chi connectivity index (χ0) is 13.9. The van der Waals surface area contributed by atoms with Gasteiger partial charge in [-0.2, -0.15) is 11.3 Å². The molecule has 0 aliphatic carbocycles. The van der Waals surface area contributed by atoms with Crippen LogP contribution in [0.2, 0.25) is 0 Å². The smallest absolute Gasteiger partial charge is 0.271 e. The van der Waals surface area contributed by atoms with Crippen molar-refractivity contribution < 1.29 is 4.79 Å². The highest BCUT2D eigenvalue weighted by molar-refractivity contribution is 7.17. The minimum absolute atomic E-state index is 0.0604. The Morgan fingerprint density at radius 2 is 2.25 bits per heavy atom. The Bertz CT molecular complexity index is 789. The fourth-order valence-corrected chi connectivity index (χ4v) is 3.25. The molecule has 3 heterocycles. The predicted octanol–water partition coefficient (Wildman–Crippen LogP) is 1.95. The fraction of sp³-hybridized carbons (Fsp3) is 0.154. The number of hydrogen-bond acceptors (Lipinski definition) is 5. The summed E-state index contributed by atoms with van der Waals surface area (Å²) in [6.45, 7) is 0.808. The third kappa shape index (κ3) is 2.50. The Kier molecular flexibility index (Phi) is 3.62. The minimum Gasteiger partial charge on any atom is -0.350 e. The van der Waals surface area contributed by atoms with Crippen molar-refractivity contribution >= 4 is 38.8 Å². The van der Waals surface area contributed by atoms with E-state index in [9.17, 15) is 9.59 Å². The van der Waals surface area contributed by atoms with E-state index in [1.54, 1.807) is 11.4 Å². The highest BCUT2D eigenvalue weighted by atomic mass is 32.1. The molecular formula is C13H11N3O2S2. The summed E-state index contributed by atoms with van der Waals surface area (Å²) >= 11 is 2.86. The molecular weight excluding hydrogens is 294 g/mol. The average molecular weight is 305 g/mol. The van der Waals surface area contributed by atoms with Gasteiger partial charge in [0.05, 0.1) is 11.8 Å². The summed E-state index contributed by atoms with van der Waals surface area (Å²) in [5, 5.41) is 8.28. The number of carbonyl (C=O) groups is 1. The lowest BCUT2D eigenvalue weighted by Gasteiger charge is -2.06. The van der Waals surface area contributed by atoms with Crippen LogP contribution in [0, 0.1) is 0 Å². The van der Waals surface area contributed by atoms with Gasteiger partial charge in [-0.25, -0.2) is 4.98 Å². The van der Waals surface area contributed by atoms with Gasteiger partial charge in [-0.3, -0.25) is 14.2 Å². The van der Waals surface area contributed by atoms with E-state index in [1.165, 1.54) is 33.6 Å². The van der Waals surface area contributed by atoms with Gasteiger partial charge < -0.3 is 5.32 Å². The summed E-state index contributed by atoms with van der Waals surface area (Å²) in [5.41, 5.74) is 1.31. The summed E-state index contributed by atoms with van der Waals surface area (Å²) in [4.78, 5) is 28.1. The molecule has 0 bridgehead atoms. The lowest BCUT2D eigenvalue weighted by molar-refractivity contribution is 0.0952. The highest BCUT2D eigenvalue weighted by Gasteiger charge is 2.07. The van der Waals surface area contributed by atoms with Crippen molar-refractivity contribution in [2.45, 2.75) is 6.54 Å². The first kappa shape index (κ1) is 13.0. The van der Waals surface area contributed by atoms with E-state index in [0.717, 1.165) is 5.52 Å². The molecule has 0 fully saturated rings. The van der Waals surface area contributed by atoms with Crippen LogP contribution in [0.1, 0.15) is 10.4 Å². The summed E-state index contributed by atoms with van der Waals surface area (Å²) < 4.78 is 2.17. The first-order valence-electron chi connectivity index (χ1n) is 5.99. The zero-order valence-corrected chi connectivity index (χ0v) is 12.0. The zero-order valence-electron chi connectivity index (χ0n) is 10.4. The number of hydrogen-bond donors (Lipinski definition) is 1. The third-order valence-corrected chi connectivity index (χ3v) is 4.43. The number of nitrogens with zero attached hydrogens (tertiary/aromatic N) is 2. The fourth-order valence-electron chi connectivity index (χ4n) is 1.82. The monoisotopic (exact) mass is 305 g/mol. The largest absolute Gasteiger partial charge is 0.350 e. The van der Waals surface area contributed by atoms with Crippen molar-refractivity contribution in [2.24, 2.45) is 0 Å². The standard InChI is InChI=1S/C13H11N3O2S2/c17-12(9-1-5-19-7-9)14-3-4-16-8-15-10-2-6-20-11(10)13(16)18/h1-2,5-8H,3-4H2,(H,14,17). The van der Waals surface area contributed by atoms with Crippen molar-refractivity contribution in [1.82, 2.24) is 14.9 Å². The average Bonchev–Trinajstić information content (AvgIpc) is 3.11. The van der Waals surface area contributed by atoms with Crippen molar-refractivity contribution in [1.29, 1.82) is 0 Å². The van der Waals surface area contributed by atoms with Gasteiger partial charge in [-0.1, -0.05) is 0 Å². The van der Waals surface area contributed by atoms with E-state index < -0.39 is 0 Å². The second kappa shape index (κ2) is 5.56. The van der Waals surface area contributed by atoms with E-state index in [4.69, 9.17) is 0 Å². The van der Waals surface area contributed by atoms with Gasteiger partial charge in [0.15, 0.2) is 0 Å². The summed E-state index contributed by atoms with van der Waals surface area (Å²) in [5.74, 6) is -0.121. The molecule has 5 nitrogen and oxygen atoms in total. The number of nitrogens with one attached hydrogen (secondary N) is 1. The quantitative estimate of drug-likeness (QED) is 0.801. The van der Waals surface area contributed by atoms with Gasteiger partial charge in [-0.05, 0) is 22.9 Å². The second-order valence-electron chi connectivity index (χ2n) is 4.15. The van der Waals surface area contributed by atoms with Gasteiger partial charge in [0.25, 0.3) is 11.5 Å². The van der Waals surface area contributed by atoms with Crippen molar-refractivity contribution in [3.05, 3.63) is 50.5 Å². The summed E-state index contributed by atoms with van der Waals surface area (Å²) in [7, 11) is 0. The lowest BCUT2D eigenvalue weighted by Crippen LogP contribution is -2.30. The molecule has 0 aliphatic rings. The van der Waals surface area contributed by atoms with Crippen LogP contribution in [0.3, 0.4) is 0 Å². The second-order valence-corrected chi connectivity index (χ2v) is 5.84. The molecule has 1 N–H and O–H groups in total. The van der Waals surface area contributed by atoms with Gasteiger partial charge in [-0.15, -0.1) is 11.3 Å². The Labute approximate surface area is 122 Å². The predicted molar refractivity (Wildman–Crippen MR) is 80.5 cm³/mol. The molecule has 3 rings (SSSR count). The maximum atomic E-state index is 12.1. The number of thiophene rings is 2. The molecule has 0 radical (unpaired) electrons. The van der Waals surface area contributed by atoms with Crippen LogP contribution in [0.15, 0.2) is 39.4 Å². The number of carbonyl (C=O) groups excluding carboxylic acids is 1. The molecule has 0 unspecified atom stereocenters. The SMILES string of the molecule is O=C(NCCn1cnc2ccsc2c1=O)c1ccsc1. The molecule has 3 aromatic heterocycles. The number of aromatic nitrogens is 2. The van der Waals surface area contributed by atoms with Crippen molar-refractivity contribution in [3.8, 4) is 0 Å². The van der Waals surface area contributed by atoms with Crippen LogP contribution < -0.4 is 10.9 Å². The highest BCUT2D eigenvalue weighted by Crippen LogP contribution is 2.12. The van der Waals surface area contributed by atoms with Crippen LogP contribution in [-0.4, -0.2) is 22.0 Å². The van der Waals surface area contributed by atoms with Gasteiger partial charge in [0, 0.05) is 24.0 Å². The Hall–Kier alpha value is -1.99. The normalized spacial score (nSPS) is 10.8. The summed E-state index contributed by atoms with van der Waals surface area (Å²) in [6.07, 6.45) is 1.52. The molecule has 0 aliphatic heterocycles. The maximum Gasteiger partial charge on any atom is 0.271 e. The van der Waals surface area contributed by atoms with Crippen LogP contribution >= 0.6 is 22.7 Å². The number of amides is 1. The topological polar surface area (TPSA) is 64.0 Å². The Balaban J connectivity index is 1.67. The molecule has 102 valence electrons. The molecule has 1 amide bonds. The van der Waals surface area contributed by atoms with E-state index in [2.05, 4.69) is 10.3 Å². The number of rotatable bonds is 4. The van der Waals surface area contributed by atoms with Crippen LogP contribution in [0.4, 0.5) is 0 Å². The van der Waals surface area contributed by atoms with Crippen molar-refractivity contribution in [3.63, 3.8) is 0 Å². The molecule has 0 saturated carbocycles. The van der Waals surface area contributed by atoms with Gasteiger partial charge in [0.2, 0.25) is 0 Å². The van der Waals surface area contributed by atoms with Gasteiger partial charge in [0.1, 0.15) is 4.70 Å². The van der Waals surface area contributed by atoms with Gasteiger partial charge >= 0.3 is 0 Å². The van der Waals surface area contributed by atoms with Crippen LogP contribution in [0.5, 0.6) is 0 Å². The molecule has 3 aromatic rings. The molecule has 0 atom stereocenters. The lowest BCUT2D eigenvalue weighted by atomic mass is 10.3. The van der Waals surface area contributed by atoms with E-state index >= 15 is 0 Å². The van der Waals surface area contributed by atoms with E-state index in [1.807, 2.05) is 16.8 Å². The molecule has 20 heavy (non-hydrogen) atoms. The number of fused-ring (bicyclic) bond motifs is 1. The van der Waals surface area contributed by atoms with Crippen LogP contribution in [-0.2, 0) is 6.54 Å². The van der Waals surface area contributed by atoms with E-state index in [-0.39, 0.29) is 11.5 Å². The first-order chi connectivity index (χ1) is 9.75. The molecule has 0 spiro atoms. The molecule has 7 heteroatoms. The Morgan fingerprint density at radius 1 is 1.35 bits per heavy atom. The van der Waals surface area contributed by atoms with E-state index in [0.29, 0.717) is 23.4 Å². The molecule has 0 aromatic carbocycles.